The van der Waals surface area contributed by atoms with Gasteiger partial charge in [0, 0.05) is 28.2 Å². The van der Waals surface area contributed by atoms with Crippen LogP contribution in [0.3, 0.4) is 0 Å². The lowest BCUT2D eigenvalue weighted by molar-refractivity contribution is 0.415. The van der Waals surface area contributed by atoms with E-state index < -0.39 is 10.0 Å². The van der Waals surface area contributed by atoms with Gasteiger partial charge < -0.3 is 15.4 Å². The quantitative estimate of drug-likeness (QED) is 0.434. The van der Waals surface area contributed by atoms with Crippen molar-refractivity contribution in [2.24, 2.45) is 0 Å². The zero-order chi connectivity index (χ0) is 21.7. The van der Waals surface area contributed by atoms with Gasteiger partial charge in [-0.25, -0.2) is 8.42 Å². The predicted octanol–water partition coefficient (Wildman–Crippen LogP) is 5.27. The SMILES string of the molecule is COc1cccc(NC(=S)Nc2cc(S(=O)(=O)Nc3ccc(Cl)cc3)ccc2C)c1. The molecule has 0 amide bonds. The third-order valence-corrected chi connectivity index (χ3v) is 6.03. The van der Waals surface area contributed by atoms with Crippen molar-refractivity contribution in [2.45, 2.75) is 11.8 Å². The van der Waals surface area contributed by atoms with Gasteiger partial charge in [0.1, 0.15) is 5.75 Å². The van der Waals surface area contributed by atoms with E-state index in [-0.39, 0.29) is 4.90 Å². The first-order valence-corrected chi connectivity index (χ1v) is 11.1. The maximum Gasteiger partial charge on any atom is 0.261 e. The van der Waals surface area contributed by atoms with Crippen LogP contribution in [-0.4, -0.2) is 20.6 Å². The molecule has 30 heavy (non-hydrogen) atoms. The summed E-state index contributed by atoms with van der Waals surface area (Å²) in [4.78, 5) is 0.106. The first-order valence-electron chi connectivity index (χ1n) is 8.88. The molecule has 6 nitrogen and oxygen atoms in total. The molecule has 3 N–H and O–H groups in total. The summed E-state index contributed by atoms with van der Waals surface area (Å²) in [5.74, 6) is 0.695. The minimum atomic E-state index is -3.78. The molecule has 3 aromatic rings. The summed E-state index contributed by atoms with van der Waals surface area (Å²) in [6.07, 6.45) is 0. The van der Waals surface area contributed by atoms with Gasteiger partial charge in [0.2, 0.25) is 0 Å². The molecule has 3 rings (SSSR count). The minimum Gasteiger partial charge on any atom is -0.497 e. The zero-order valence-corrected chi connectivity index (χ0v) is 18.7. The molecule has 0 saturated heterocycles. The molecule has 156 valence electrons. The van der Waals surface area contributed by atoms with Gasteiger partial charge in [0.05, 0.1) is 12.0 Å². The third kappa shape index (κ3) is 5.63. The Morgan fingerprint density at radius 3 is 2.40 bits per heavy atom. The van der Waals surface area contributed by atoms with Crippen LogP contribution in [-0.2, 0) is 10.0 Å². The fourth-order valence-electron chi connectivity index (χ4n) is 2.62. The summed E-state index contributed by atoms with van der Waals surface area (Å²) < 4.78 is 33.3. The Kier molecular flexibility index (Phi) is 6.81. The summed E-state index contributed by atoms with van der Waals surface area (Å²) in [6.45, 7) is 1.86. The molecular weight excluding hydrogens is 442 g/mol. The number of ether oxygens (including phenoxy) is 1. The largest absolute Gasteiger partial charge is 0.497 e. The van der Waals surface area contributed by atoms with Gasteiger partial charge in [-0.1, -0.05) is 23.7 Å². The van der Waals surface area contributed by atoms with Crippen molar-refractivity contribution in [1.29, 1.82) is 0 Å². The van der Waals surface area contributed by atoms with Crippen LogP contribution >= 0.6 is 23.8 Å². The van der Waals surface area contributed by atoms with Crippen molar-refractivity contribution in [3.05, 3.63) is 77.3 Å². The molecule has 0 aliphatic heterocycles. The highest BCUT2D eigenvalue weighted by molar-refractivity contribution is 7.92. The molecule has 0 unspecified atom stereocenters. The Balaban J connectivity index is 1.77. The first-order chi connectivity index (χ1) is 14.3. The zero-order valence-electron chi connectivity index (χ0n) is 16.3. The number of aryl methyl sites for hydroxylation is 1. The fraction of sp³-hybridized carbons (Fsp3) is 0.0952. The van der Waals surface area contributed by atoms with Crippen LogP contribution in [0.4, 0.5) is 17.1 Å². The number of hydrogen-bond donors (Lipinski definition) is 3. The fourth-order valence-corrected chi connectivity index (χ4v) is 4.06. The van der Waals surface area contributed by atoms with Gasteiger partial charge in [-0.15, -0.1) is 0 Å². The Morgan fingerprint density at radius 1 is 0.967 bits per heavy atom. The lowest BCUT2D eigenvalue weighted by Gasteiger charge is -2.15. The maximum absolute atomic E-state index is 12.8. The van der Waals surface area contributed by atoms with E-state index in [0.29, 0.717) is 27.3 Å². The van der Waals surface area contributed by atoms with Crippen LogP contribution in [0.2, 0.25) is 5.02 Å². The molecular formula is C21H20ClN3O3S2. The molecule has 0 aliphatic carbocycles. The highest BCUT2D eigenvalue weighted by Gasteiger charge is 2.16. The average molecular weight is 462 g/mol. The van der Waals surface area contributed by atoms with Crippen molar-refractivity contribution in [3.63, 3.8) is 0 Å². The Labute approximate surface area is 186 Å². The molecule has 0 radical (unpaired) electrons. The van der Waals surface area contributed by atoms with Crippen LogP contribution in [0, 0.1) is 6.92 Å². The van der Waals surface area contributed by atoms with Crippen LogP contribution in [0.5, 0.6) is 5.75 Å². The van der Waals surface area contributed by atoms with Gasteiger partial charge in [-0.3, -0.25) is 4.72 Å². The number of benzene rings is 3. The number of rotatable bonds is 6. The predicted molar refractivity (Wildman–Crippen MR) is 126 cm³/mol. The number of methoxy groups -OCH3 is 1. The lowest BCUT2D eigenvalue weighted by atomic mass is 10.2. The maximum atomic E-state index is 12.8. The Morgan fingerprint density at radius 2 is 1.70 bits per heavy atom. The molecule has 9 heteroatoms. The smallest absolute Gasteiger partial charge is 0.261 e. The number of nitrogens with one attached hydrogen (secondary N) is 3. The number of halogens is 1. The second-order valence-electron chi connectivity index (χ2n) is 6.40. The normalized spacial score (nSPS) is 10.9. The molecule has 0 spiro atoms. The number of anilines is 3. The molecule has 0 bridgehead atoms. The standard InChI is InChI=1S/C21H20ClN3O3S2/c1-14-6-11-19(30(26,27)25-16-9-7-15(22)8-10-16)13-20(14)24-21(29)23-17-4-3-5-18(12-17)28-2/h3-13,25H,1-2H3,(H2,23,24,29). The topological polar surface area (TPSA) is 79.5 Å². The second kappa shape index (κ2) is 9.34. The van der Waals surface area contributed by atoms with Crippen LogP contribution < -0.4 is 20.1 Å². The summed E-state index contributed by atoms with van der Waals surface area (Å²) in [5.41, 5.74) is 2.59. The highest BCUT2D eigenvalue weighted by atomic mass is 35.5. The van der Waals surface area contributed by atoms with E-state index in [1.165, 1.54) is 12.1 Å². The molecule has 0 atom stereocenters. The van der Waals surface area contributed by atoms with E-state index in [1.54, 1.807) is 43.5 Å². The molecule has 0 fully saturated rings. The van der Waals surface area contributed by atoms with E-state index in [1.807, 2.05) is 25.1 Å². The summed E-state index contributed by atoms with van der Waals surface area (Å²) in [5, 5.41) is 6.96. The first kappa shape index (κ1) is 21.9. The van der Waals surface area contributed by atoms with Gasteiger partial charge >= 0.3 is 0 Å². The van der Waals surface area contributed by atoms with E-state index >= 15 is 0 Å². The number of thiocarbonyl (C=S) groups is 1. The van der Waals surface area contributed by atoms with E-state index in [0.717, 1.165) is 11.3 Å². The van der Waals surface area contributed by atoms with Crippen molar-refractivity contribution in [2.75, 3.05) is 22.5 Å². The van der Waals surface area contributed by atoms with E-state index in [2.05, 4.69) is 15.4 Å². The number of hydrogen-bond acceptors (Lipinski definition) is 4. The van der Waals surface area contributed by atoms with E-state index in [9.17, 15) is 8.42 Å². The van der Waals surface area contributed by atoms with Crippen molar-refractivity contribution >= 4 is 56.0 Å². The van der Waals surface area contributed by atoms with E-state index in [4.69, 9.17) is 28.6 Å². The molecule has 0 aliphatic rings. The molecule has 3 aromatic carbocycles. The summed E-state index contributed by atoms with van der Waals surface area (Å²) >= 11 is 11.2. The molecule has 0 heterocycles. The van der Waals surface area contributed by atoms with Crippen molar-refractivity contribution < 1.29 is 13.2 Å². The van der Waals surface area contributed by atoms with Crippen LogP contribution in [0.15, 0.2) is 71.6 Å². The summed E-state index contributed by atoms with van der Waals surface area (Å²) in [7, 11) is -2.20. The van der Waals surface area contributed by atoms with Crippen LogP contribution in [0.1, 0.15) is 5.56 Å². The molecule has 0 saturated carbocycles. The van der Waals surface area contributed by atoms with Crippen LogP contribution in [0.25, 0.3) is 0 Å². The van der Waals surface area contributed by atoms with Gasteiger partial charge in [0.25, 0.3) is 10.0 Å². The minimum absolute atomic E-state index is 0.106. The van der Waals surface area contributed by atoms with Gasteiger partial charge in [-0.2, -0.15) is 0 Å². The van der Waals surface area contributed by atoms with Gasteiger partial charge in [0.15, 0.2) is 5.11 Å². The second-order valence-corrected chi connectivity index (χ2v) is 8.93. The Hall–Kier alpha value is -2.81. The van der Waals surface area contributed by atoms with Gasteiger partial charge in [-0.05, 0) is 73.2 Å². The van der Waals surface area contributed by atoms with Crippen molar-refractivity contribution in [3.8, 4) is 5.75 Å². The van der Waals surface area contributed by atoms with Crippen molar-refractivity contribution in [1.82, 2.24) is 0 Å². The monoisotopic (exact) mass is 461 g/mol. The number of sulfonamides is 1. The lowest BCUT2D eigenvalue weighted by Crippen LogP contribution is -2.20. The Bertz CT molecular complexity index is 1170. The molecule has 0 aromatic heterocycles. The third-order valence-electron chi connectivity index (χ3n) is 4.19. The summed E-state index contributed by atoms with van der Waals surface area (Å²) in [6, 6.07) is 18.5. The highest BCUT2D eigenvalue weighted by Crippen LogP contribution is 2.24. The average Bonchev–Trinajstić information content (AvgIpc) is 2.71.